The van der Waals surface area contributed by atoms with Crippen molar-refractivity contribution in [3.63, 3.8) is 0 Å². The van der Waals surface area contributed by atoms with Crippen molar-refractivity contribution >= 4 is 11.6 Å². The Kier molecular flexibility index (Phi) is 8.03. The second kappa shape index (κ2) is 9.14. The first kappa shape index (κ1) is 22.8. The summed E-state index contributed by atoms with van der Waals surface area (Å²) in [4.78, 5) is 25.4. The molecule has 0 radical (unpaired) electrons. The summed E-state index contributed by atoms with van der Waals surface area (Å²) in [5.41, 5.74) is -2.37. The van der Waals surface area contributed by atoms with Crippen LogP contribution in [0.3, 0.4) is 0 Å². The van der Waals surface area contributed by atoms with Gasteiger partial charge in [0.15, 0.2) is 17.2 Å². The summed E-state index contributed by atoms with van der Waals surface area (Å²) < 4.78 is 0. The highest BCUT2D eigenvalue weighted by Gasteiger charge is 2.58. The second-order valence-electron chi connectivity index (χ2n) is 8.95. The second-order valence-corrected chi connectivity index (χ2v) is 8.95. The van der Waals surface area contributed by atoms with Crippen LogP contribution in [0.2, 0.25) is 0 Å². The van der Waals surface area contributed by atoms with Crippen molar-refractivity contribution in [3.05, 3.63) is 11.3 Å². The molecule has 0 amide bonds. The molecule has 0 bridgehead atoms. The van der Waals surface area contributed by atoms with Crippen LogP contribution in [0.15, 0.2) is 11.3 Å². The third-order valence-electron chi connectivity index (χ3n) is 5.14. The van der Waals surface area contributed by atoms with Crippen LogP contribution in [0.25, 0.3) is 0 Å². The van der Waals surface area contributed by atoms with Crippen LogP contribution in [0, 0.1) is 23.7 Å². The minimum absolute atomic E-state index is 0.0317. The summed E-state index contributed by atoms with van der Waals surface area (Å²) in [6, 6.07) is 0. The molecular weight excluding hydrogens is 332 g/mol. The topological polar surface area (TPSA) is 94.8 Å². The fourth-order valence-electron chi connectivity index (χ4n) is 3.55. The van der Waals surface area contributed by atoms with E-state index in [0.29, 0.717) is 31.1 Å². The van der Waals surface area contributed by atoms with Crippen molar-refractivity contribution in [1.29, 1.82) is 0 Å². The number of aliphatic hydroxyl groups is 3. The molecule has 3 N–H and O–H groups in total. The third-order valence-corrected chi connectivity index (χ3v) is 5.14. The Bertz CT molecular complexity index is 547. The van der Waals surface area contributed by atoms with Gasteiger partial charge in [0, 0.05) is 6.42 Å². The Hall–Kier alpha value is -1.20. The highest BCUT2D eigenvalue weighted by molar-refractivity contribution is 6.23. The number of hydrogen-bond donors (Lipinski definition) is 3. The minimum Gasteiger partial charge on any atom is -0.508 e. The zero-order chi connectivity index (χ0) is 20.2. The van der Waals surface area contributed by atoms with Gasteiger partial charge in [-0.05, 0) is 37.0 Å². The van der Waals surface area contributed by atoms with E-state index in [1.54, 1.807) is 0 Å². The zero-order valence-electron chi connectivity index (χ0n) is 17.1. The predicted octanol–water partition coefficient (Wildman–Crippen LogP) is 3.58. The Balaban J connectivity index is 3.24. The van der Waals surface area contributed by atoms with Crippen molar-refractivity contribution in [3.8, 4) is 0 Å². The van der Waals surface area contributed by atoms with E-state index in [2.05, 4.69) is 0 Å². The lowest BCUT2D eigenvalue weighted by Crippen LogP contribution is -2.49. The average molecular weight is 369 g/mol. The fraction of sp³-hybridized carbons (Fsp3) is 0.810. The lowest BCUT2D eigenvalue weighted by molar-refractivity contribution is -0.137. The maximum atomic E-state index is 12.9. The number of allylic oxidation sites excluding steroid dienone is 1. The Morgan fingerprint density at radius 3 is 2.00 bits per heavy atom. The van der Waals surface area contributed by atoms with E-state index in [-0.39, 0.29) is 24.3 Å². The molecule has 3 atom stereocenters. The number of rotatable bonds is 10. The van der Waals surface area contributed by atoms with Gasteiger partial charge in [0.05, 0.1) is 12.0 Å². The molecule has 0 aliphatic heterocycles. The summed E-state index contributed by atoms with van der Waals surface area (Å²) in [5, 5.41) is 32.5. The molecule has 150 valence electrons. The maximum Gasteiger partial charge on any atom is 0.176 e. The van der Waals surface area contributed by atoms with Crippen LogP contribution in [0.1, 0.15) is 73.6 Å². The number of ketones is 2. The molecule has 0 spiro atoms. The smallest absolute Gasteiger partial charge is 0.176 e. The van der Waals surface area contributed by atoms with Gasteiger partial charge in [0.25, 0.3) is 0 Å². The van der Waals surface area contributed by atoms with E-state index in [1.807, 2.05) is 41.5 Å². The predicted molar refractivity (Wildman–Crippen MR) is 102 cm³/mol. The van der Waals surface area contributed by atoms with E-state index in [0.717, 1.165) is 0 Å². The number of hydrogen-bond acceptors (Lipinski definition) is 5. The van der Waals surface area contributed by atoms with E-state index in [1.165, 1.54) is 0 Å². The van der Waals surface area contributed by atoms with Gasteiger partial charge in [0.1, 0.15) is 11.3 Å². The van der Waals surface area contributed by atoms with E-state index < -0.39 is 34.9 Å². The summed E-state index contributed by atoms with van der Waals surface area (Å²) in [6.07, 6.45) is 0.741. The summed E-state index contributed by atoms with van der Waals surface area (Å²) >= 11 is 0. The highest BCUT2D eigenvalue weighted by atomic mass is 16.4. The molecule has 0 aromatic rings. The van der Waals surface area contributed by atoms with Gasteiger partial charge < -0.3 is 15.3 Å². The first-order valence-corrected chi connectivity index (χ1v) is 9.84. The molecule has 1 aliphatic carbocycles. The van der Waals surface area contributed by atoms with Crippen molar-refractivity contribution < 1.29 is 24.9 Å². The molecule has 26 heavy (non-hydrogen) atoms. The number of Topliss-reactive ketones (excluding diaryl/α,β-unsaturated/α-hetero) is 2. The van der Waals surface area contributed by atoms with Crippen molar-refractivity contribution in [2.45, 2.75) is 85.4 Å². The van der Waals surface area contributed by atoms with E-state index >= 15 is 0 Å². The molecule has 0 aromatic carbocycles. The van der Waals surface area contributed by atoms with Gasteiger partial charge in [-0.3, -0.25) is 9.59 Å². The van der Waals surface area contributed by atoms with E-state index in [4.69, 9.17) is 0 Å². The van der Waals surface area contributed by atoms with Gasteiger partial charge in [-0.1, -0.05) is 48.0 Å². The SMILES string of the molecule is CC(C)CCC1C(=O)C(C(=O)CC(C)C)=C(O)[C@]1(O)[C@@H](O)CCC(C)C. The van der Waals surface area contributed by atoms with Crippen molar-refractivity contribution in [2.24, 2.45) is 23.7 Å². The van der Waals surface area contributed by atoms with Gasteiger partial charge in [-0.15, -0.1) is 0 Å². The molecule has 0 saturated carbocycles. The number of carbonyl (C=O) groups is 2. The Labute approximate surface area is 157 Å². The van der Waals surface area contributed by atoms with Crippen LogP contribution in [-0.4, -0.2) is 38.6 Å². The van der Waals surface area contributed by atoms with Crippen LogP contribution < -0.4 is 0 Å². The average Bonchev–Trinajstić information content (AvgIpc) is 2.69. The van der Waals surface area contributed by atoms with E-state index in [9.17, 15) is 24.9 Å². The normalized spacial score (nSPS) is 25.0. The van der Waals surface area contributed by atoms with Gasteiger partial charge >= 0.3 is 0 Å². The minimum atomic E-state index is -2.07. The first-order chi connectivity index (χ1) is 11.9. The largest absolute Gasteiger partial charge is 0.508 e. The molecule has 1 rings (SSSR count). The molecule has 0 saturated heterocycles. The quantitative estimate of drug-likeness (QED) is 0.512. The fourth-order valence-corrected chi connectivity index (χ4v) is 3.55. The zero-order valence-corrected chi connectivity index (χ0v) is 17.1. The Morgan fingerprint density at radius 2 is 1.54 bits per heavy atom. The monoisotopic (exact) mass is 368 g/mol. The van der Waals surface area contributed by atoms with Crippen molar-refractivity contribution in [2.75, 3.05) is 0 Å². The lowest BCUT2D eigenvalue weighted by atomic mass is 9.78. The standard InChI is InChI=1S/C21H36O5/c1-12(2)7-9-15-19(24)18(16(22)11-14(5)6)20(25)21(15,26)17(23)10-8-13(3)4/h12-15,17,23,25-26H,7-11H2,1-6H3/t15?,17-,21+/m0/s1. The van der Waals surface area contributed by atoms with Crippen LogP contribution >= 0.6 is 0 Å². The third kappa shape index (κ3) is 4.95. The number of aliphatic hydroxyl groups excluding tert-OH is 2. The summed E-state index contributed by atoms with van der Waals surface area (Å²) in [6.45, 7) is 11.7. The molecule has 5 heteroatoms. The van der Waals surface area contributed by atoms with Crippen molar-refractivity contribution in [1.82, 2.24) is 0 Å². The summed E-state index contributed by atoms with van der Waals surface area (Å²) in [7, 11) is 0. The maximum absolute atomic E-state index is 12.9. The van der Waals surface area contributed by atoms with Crippen LogP contribution in [-0.2, 0) is 9.59 Å². The molecule has 5 nitrogen and oxygen atoms in total. The van der Waals surface area contributed by atoms with Gasteiger partial charge in [-0.2, -0.15) is 0 Å². The number of carbonyl (C=O) groups excluding carboxylic acids is 2. The highest BCUT2D eigenvalue weighted by Crippen LogP contribution is 2.44. The molecule has 1 aliphatic rings. The molecular formula is C21H36O5. The molecule has 0 fully saturated rings. The van der Waals surface area contributed by atoms with Crippen LogP contribution in [0.5, 0.6) is 0 Å². The Morgan fingerprint density at radius 1 is 1.00 bits per heavy atom. The van der Waals surface area contributed by atoms with Crippen LogP contribution in [0.4, 0.5) is 0 Å². The molecule has 0 aromatic heterocycles. The van der Waals surface area contributed by atoms with Gasteiger partial charge in [-0.25, -0.2) is 0 Å². The lowest BCUT2D eigenvalue weighted by Gasteiger charge is -2.34. The van der Waals surface area contributed by atoms with Gasteiger partial charge in [0.2, 0.25) is 0 Å². The molecule has 0 heterocycles. The summed E-state index contributed by atoms with van der Waals surface area (Å²) in [5.74, 6) is -1.94. The molecule has 1 unspecified atom stereocenters. The first-order valence-electron chi connectivity index (χ1n) is 9.84.